The number of nitrogens with two attached hydrogens (primary N) is 1. The van der Waals surface area contributed by atoms with Crippen molar-refractivity contribution in [3.05, 3.63) is 21.9 Å². The van der Waals surface area contributed by atoms with Crippen LogP contribution in [0, 0.1) is 11.8 Å². The number of thiophene rings is 1. The normalized spacial score (nSPS) is 25.0. The van der Waals surface area contributed by atoms with Gasteiger partial charge in [-0.25, -0.2) is 0 Å². The highest BCUT2D eigenvalue weighted by molar-refractivity contribution is 7.12. The Morgan fingerprint density at radius 3 is 2.38 bits per heavy atom. The van der Waals surface area contributed by atoms with Crippen LogP contribution in [0.2, 0.25) is 0 Å². The van der Waals surface area contributed by atoms with Crippen molar-refractivity contribution < 1.29 is 0 Å². The van der Waals surface area contributed by atoms with E-state index in [-0.39, 0.29) is 11.5 Å². The van der Waals surface area contributed by atoms with Crippen molar-refractivity contribution >= 4 is 11.3 Å². The van der Waals surface area contributed by atoms with Gasteiger partial charge in [-0.3, -0.25) is 0 Å². The molecule has 2 heteroatoms. The quantitative estimate of drug-likeness (QED) is 0.705. The topological polar surface area (TPSA) is 26.0 Å². The molecule has 1 aromatic rings. The predicted octanol–water partition coefficient (Wildman–Crippen LogP) is 6.04. The first-order valence-electron chi connectivity index (χ1n) is 8.77. The molecule has 1 saturated carbocycles. The van der Waals surface area contributed by atoms with Gasteiger partial charge in [-0.2, -0.15) is 0 Å². The van der Waals surface area contributed by atoms with Gasteiger partial charge in [0.2, 0.25) is 0 Å². The lowest BCUT2D eigenvalue weighted by molar-refractivity contribution is 0.234. The molecule has 0 amide bonds. The summed E-state index contributed by atoms with van der Waals surface area (Å²) in [5.41, 5.74) is 6.83. The van der Waals surface area contributed by atoms with Gasteiger partial charge in [0.15, 0.2) is 0 Å². The van der Waals surface area contributed by atoms with Crippen LogP contribution in [0.5, 0.6) is 0 Å². The highest BCUT2D eigenvalue weighted by Gasteiger charge is 2.27. The molecule has 2 N–H and O–H groups in total. The van der Waals surface area contributed by atoms with Crippen LogP contribution in [-0.4, -0.2) is 0 Å². The molecule has 0 radical (unpaired) electrons. The van der Waals surface area contributed by atoms with E-state index in [1.165, 1.54) is 54.7 Å². The first kappa shape index (κ1) is 17.0. The van der Waals surface area contributed by atoms with E-state index in [9.17, 15) is 0 Å². The molecular formula is C19H33NS. The second-order valence-corrected chi connectivity index (χ2v) is 9.02. The Balaban J connectivity index is 1.90. The van der Waals surface area contributed by atoms with Crippen LogP contribution in [-0.2, 0) is 5.41 Å². The monoisotopic (exact) mass is 307 g/mol. The Hall–Kier alpha value is -0.340. The molecule has 1 heterocycles. The largest absolute Gasteiger partial charge is 0.323 e. The van der Waals surface area contributed by atoms with Crippen LogP contribution < -0.4 is 5.73 Å². The summed E-state index contributed by atoms with van der Waals surface area (Å²) in [6.07, 6.45) is 9.64. The average Bonchev–Trinajstić information content (AvgIpc) is 2.95. The standard InChI is InChI=1S/C19H33NS/c1-5-6-7-14-8-10-15(11-9-14)18(20)16-12-13-17(21-16)19(2,3)4/h12-15,18H,5-11,20H2,1-4H3. The highest BCUT2D eigenvalue weighted by atomic mass is 32.1. The third-order valence-electron chi connectivity index (χ3n) is 5.06. The summed E-state index contributed by atoms with van der Waals surface area (Å²) in [6.45, 7) is 9.15. The van der Waals surface area contributed by atoms with Gasteiger partial charge in [0.25, 0.3) is 0 Å². The first-order valence-corrected chi connectivity index (χ1v) is 9.59. The van der Waals surface area contributed by atoms with E-state index in [1.54, 1.807) is 0 Å². The Kier molecular flexibility index (Phi) is 5.90. The van der Waals surface area contributed by atoms with Crippen molar-refractivity contribution in [1.82, 2.24) is 0 Å². The lowest BCUT2D eigenvalue weighted by atomic mass is 9.77. The molecule has 0 aliphatic heterocycles. The van der Waals surface area contributed by atoms with Crippen molar-refractivity contribution in [3.63, 3.8) is 0 Å². The summed E-state index contributed by atoms with van der Waals surface area (Å²) in [7, 11) is 0. The minimum absolute atomic E-state index is 0.250. The summed E-state index contributed by atoms with van der Waals surface area (Å²) >= 11 is 1.93. The fourth-order valence-electron chi connectivity index (χ4n) is 3.50. The van der Waals surface area contributed by atoms with Crippen molar-refractivity contribution in [2.45, 2.75) is 84.1 Å². The minimum Gasteiger partial charge on any atom is -0.323 e. The van der Waals surface area contributed by atoms with Gasteiger partial charge in [0, 0.05) is 15.8 Å². The number of rotatable bonds is 5. The first-order chi connectivity index (χ1) is 9.91. The fourth-order valence-corrected chi connectivity index (χ4v) is 4.66. The summed E-state index contributed by atoms with van der Waals surface area (Å²) in [4.78, 5) is 2.86. The molecule has 0 saturated heterocycles. The molecule has 0 spiro atoms. The maximum Gasteiger partial charge on any atom is 0.0418 e. The summed E-state index contributed by atoms with van der Waals surface area (Å²) in [6, 6.07) is 4.82. The molecule has 21 heavy (non-hydrogen) atoms. The summed E-state index contributed by atoms with van der Waals surface area (Å²) < 4.78 is 0. The van der Waals surface area contributed by atoms with Gasteiger partial charge in [-0.15, -0.1) is 11.3 Å². The molecule has 1 unspecified atom stereocenters. The van der Waals surface area contributed by atoms with Gasteiger partial charge in [0.1, 0.15) is 0 Å². The van der Waals surface area contributed by atoms with Gasteiger partial charge in [-0.05, 0) is 42.2 Å². The van der Waals surface area contributed by atoms with Crippen LogP contribution in [0.1, 0.15) is 88.4 Å². The number of hydrogen-bond donors (Lipinski definition) is 1. The summed E-state index contributed by atoms with van der Waals surface area (Å²) in [5.74, 6) is 1.68. The van der Waals surface area contributed by atoms with E-state index in [0.29, 0.717) is 5.92 Å². The number of hydrogen-bond acceptors (Lipinski definition) is 2. The highest BCUT2D eigenvalue weighted by Crippen LogP contribution is 2.40. The predicted molar refractivity (Wildman–Crippen MR) is 94.9 cm³/mol. The average molecular weight is 308 g/mol. The number of unbranched alkanes of at least 4 members (excludes halogenated alkanes) is 1. The van der Waals surface area contributed by atoms with E-state index >= 15 is 0 Å². The minimum atomic E-state index is 0.250. The van der Waals surface area contributed by atoms with Gasteiger partial charge >= 0.3 is 0 Å². The molecule has 1 aromatic heterocycles. The van der Waals surface area contributed by atoms with E-state index in [1.807, 2.05) is 11.3 Å². The SMILES string of the molecule is CCCCC1CCC(C(N)c2ccc(C(C)(C)C)s2)CC1. The van der Waals surface area contributed by atoms with Gasteiger partial charge in [0.05, 0.1) is 0 Å². The van der Waals surface area contributed by atoms with Crippen molar-refractivity contribution in [3.8, 4) is 0 Å². The lowest BCUT2D eigenvalue weighted by Gasteiger charge is -2.32. The van der Waals surface area contributed by atoms with E-state index in [0.717, 1.165) is 5.92 Å². The van der Waals surface area contributed by atoms with Crippen molar-refractivity contribution in [1.29, 1.82) is 0 Å². The van der Waals surface area contributed by atoms with E-state index in [2.05, 4.69) is 39.8 Å². The summed E-state index contributed by atoms with van der Waals surface area (Å²) in [5, 5.41) is 0. The Labute approximate surface area is 135 Å². The van der Waals surface area contributed by atoms with Gasteiger partial charge in [-0.1, -0.05) is 59.8 Å². The van der Waals surface area contributed by atoms with E-state index < -0.39 is 0 Å². The van der Waals surface area contributed by atoms with Crippen LogP contribution >= 0.6 is 11.3 Å². The third-order valence-corrected chi connectivity index (χ3v) is 6.67. The van der Waals surface area contributed by atoms with Crippen LogP contribution in [0.25, 0.3) is 0 Å². The molecule has 1 fully saturated rings. The molecule has 1 aliphatic carbocycles. The Morgan fingerprint density at radius 2 is 1.86 bits per heavy atom. The van der Waals surface area contributed by atoms with Crippen LogP contribution in [0.4, 0.5) is 0 Å². The maximum atomic E-state index is 6.58. The molecule has 1 aliphatic rings. The van der Waals surface area contributed by atoms with Crippen molar-refractivity contribution in [2.24, 2.45) is 17.6 Å². The molecule has 1 atom stereocenters. The third kappa shape index (κ3) is 4.56. The van der Waals surface area contributed by atoms with Crippen LogP contribution in [0.15, 0.2) is 12.1 Å². The zero-order chi connectivity index (χ0) is 15.5. The lowest BCUT2D eigenvalue weighted by Crippen LogP contribution is -2.25. The second-order valence-electron chi connectivity index (χ2n) is 7.90. The smallest absolute Gasteiger partial charge is 0.0418 e. The molecule has 2 rings (SSSR count). The molecule has 120 valence electrons. The molecule has 1 nitrogen and oxygen atoms in total. The van der Waals surface area contributed by atoms with Crippen molar-refractivity contribution in [2.75, 3.05) is 0 Å². The van der Waals surface area contributed by atoms with Gasteiger partial charge < -0.3 is 5.73 Å². The zero-order valence-electron chi connectivity index (χ0n) is 14.3. The van der Waals surface area contributed by atoms with Crippen LogP contribution in [0.3, 0.4) is 0 Å². The second kappa shape index (κ2) is 7.28. The molecular weight excluding hydrogens is 274 g/mol. The molecule has 0 aromatic carbocycles. The van der Waals surface area contributed by atoms with E-state index in [4.69, 9.17) is 5.73 Å². The Morgan fingerprint density at radius 1 is 1.19 bits per heavy atom. The fraction of sp³-hybridized carbons (Fsp3) is 0.789. The molecule has 0 bridgehead atoms. The zero-order valence-corrected chi connectivity index (χ0v) is 15.1. The Bertz CT molecular complexity index is 421. The maximum absolute atomic E-state index is 6.58.